The second-order valence-corrected chi connectivity index (χ2v) is 10.2. The van der Waals surface area contributed by atoms with E-state index in [-0.39, 0.29) is 18.7 Å². The number of Topliss-reactive ketones (excluding diaryl/α,β-unsaturated/α-hetero) is 1. The number of aryl methyl sites for hydroxylation is 1. The number of carboxylic acid groups (broad SMARTS) is 1. The van der Waals surface area contributed by atoms with Gasteiger partial charge in [-0.25, -0.2) is 9.59 Å². The van der Waals surface area contributed by atoms with Crippen molar-refractivity contribution in [2.45, 2.75) is 52.4 Å². The molecule has 0 saturated heterocycles. The molecule has 0 aromatic heterocycles. The summed E-state index contributed by atoms with van der Waals surface area (Å²) in [5.41, 5.74) is 2.29. The number of nitrogens with zero attached hydrogens (tertiary/aromatic N) is 1. The van der Waals surface area contributed by atoms with E-state index in [2.05, 4.69) is 5.32 Å². The third kappa shape index (κ3) is 7.53. The monoisotopic (exact) mass is 548 g/mol. The highest BCUT2D eigenvalue weighted by atomic mass is 16.6. The first-order valence-corrected chi connectivity index (χ1v) is 12.8. The van der Waals surface area contributed by atoms with E-state index in [4.69, 9.17) is 14.2 Å². The highest BCUT2D eigenvalue weighted by Crippen LogP contribution is 2.35. The molecule has 3 aromatic rings. The van der Waals surface area contributed by atoms with Crippen LogP contribution in [0.4, 0.5) is 10.5 Å². The van der Waals surface area contributed by atoms with Crippen molar-refractivity contribution >= 4 is 23.5 Å². The number of ether oxygens (including phenoxy) is 3. The molecule has 0 bridgehead atoms. The van der Waals surface area contributed by atoms with Crippen LogP contribution in [0.5, 0.6) is 11.5 Å². The van der Waals surface area contributed by atoms with Gasteiger partial charge in [-0.15, -0.1) is 0 Å². The second-order valence-electron chi connectivity index (χ2n) is 10.2. The molecule has 0 spiro atoms. The van der Waals surface area contributed by atoms with Crippen molar-refractivity contribution < 1.29 is 33.7 Å². The molecule has 1 atom stereocenters. The highest BCUT2D eigenvalue weighted by Gasteiger charge is 2.35. The van der Waals surface area contributed by atoms with E-state index in [9.17, 15) is 19.5 Å². The SMILES string of the molecule is COc1ccc(CN(c2ccc(C)cc2)[C@H](C(=O)O)C(=O)c2ccccc2)c(OC)c1CNC(=O)OC(C)(C)C. The maximum atomic E-state index is 13.5. The minimum Gasteiger partial charge on any atom is -0.496 e. The zero-order chi connectivity index (χ0) is 29.4. The summed E-state index contributed by atoms with van der Waals surface area (Å²) in [5.74, 6) is -0.973. The molecule has 9 nitrogen and oxygen atoms in total. The number of rotatable bonds is 11. The van der Waals surface area contributed by atoms with Gasteiger partial charge >= 0.3 is 12.1 Å². The first-order chi connectivity index (χ1) is 18.9. The lowest BCUT2D eigenvalue weighted by Crippen LogP contribution is -2.47. The molecule has 2 N–H and O–H groups in total. The summed E-state index contributed by atoms with van der Waals surface area (Å²) in [6.45, 7) is 7.28. The Morgan fingerprint density at radius 3 is 2.12 bits per heavy atom. The van der Waals surface area contributed by atoms with Gasteiger partial charge in [0.15, 0.2) is 11.8 Å². The smallest absolute Gasteiger partial charge is 0.407 e. The molecule has 0 aliphatic rings. The summed E-state index contributed by atoms with van der Waals surface area (Å²) in [6.07, 6.45) is -0.609. The first-order valence-electron chi connectivity index (χ1n) is 12.8. The topological polar surface area (TPSA) is 114 Å². The zero-order valence-electron chi connectivity index (χ0n) is 23.7. The fraction of sp³-hybridized carbons (Fsp3) is 0.323. The van der Waals surface area contributed by atoms with Gasteiger partial charge in [-0.1, -0.05) is 48.0 Å². The third-order valence-electron chi connectivity index (χ3n) is 6.09. The van der Waals surface area contributed by atoms with Gasteiger partial charge in [0.2, 0.25) is 0 Å². The number of alkyl carbamates (subject to hydrolysis) is 1. The molecule has 0 heterocycles. The summed E-state index contributed by atoms with van der Waals surface area (Å²) in [4.78, 5) is 40.0. The number of carbonyl (C=O) groups is 3. The lowest BCUT2D eigenvalue weighted by molar-refractivity contribution is -0.137. The van der Waals surface area contributed by atoms with Gasteiger partial charge in [-0.2, -0.15) is 0 Å². The molecule has 9 heteroatoms. The molecule has 0 aliphatic carbocycles. The van der Waals surface area contributed by atoms with Crippen molar-refractivity contribution in [3.05, 3.63) is 89.0 Å². The lowest BCUT2D eigenvalue weighted by Gasteiger charge is -2.31. The van der Waals surface area contributed by atoms with Crippen LogP contribution in [0.3, 0.4) is 0 Å². The molecule has 0 aliphatic heterocycles. The Morgan fingerprint density at radius 2 is 1.57 bits per heavy atom. The summed E-state index contributed by atoms with van der Waals surface area (Å²) in [5, 5.41) is 13.0. The van der Waals surface area contributed by atoms with E-state index >= 15 is 0 Å². The van der Waals surface area contributed by atoms with E-state index in [0.29, 0.717) is 28.3 Å². The number of hydrogen-bond acceptors (Lipinski definition) is 7. The molecule has 0 saturated carbocycles. The first kappa shape index (κ1) is 30.0. The quantitative estimate of drug-likeness (QED) is 0.243. The molecule has 0 radical (unpaired) electrons. The maximum absolute atomic E-state index is 13.5. The molecule has 0 fully saturated rings. The van der Waals surface area contributed by atoms with Crippen LogP contribution in [0, 0.1) is 6.92 Å². The zero-order valence-corrected chi connectivity index (χ0v) is 23.7. The summed E-state index contributed by atoms with van der Waals surface area (Å²) < 4.78 is 16.6. The number of amides is 1. The normalized spacial score (nSPS) is 11.8. The van der Waals surface area contributed by atoms with Crippen LogP contribution < -0.4 is 19.7 Å². The molecule has 40 heavy (non-hydrogen) atoms. The van der Waals surface area contributed by atoms with Crippen molar-refractivity contribution in [1.82, 2.24) is 5.32 Å². The van der Waals surface area contributed by atoms with Gasteiger partial charge in [0.05, 0.1) is 26.3 Å². The van der Waals surface area contributed by atoms with Crippen molar-refractivity contribution in [1.29, 1.82) is 0 Å². The van der Waals surface area contributed by atoms with Crippen molar-refractivity contribution in [3.8, 4) is 11.5 Å². The number of anilines is 1. The van der Waals surface area contributed by atoms with Gasteiger partial charge in [-0.05, 0) is 52.0 Å². The van der Waals surface area contributed by atoms with Gasteiger partial charge in [-0.3, -0.25) is 4.79 Å². The Bertz CT molecular complexity index is 1330. The molecule has 3 aromatic carbocycles. The van der Waals surface area contributed by atoms with Crippen LogP contribution >= 0.6 is 0 Å². The molecule has 1 amide bonds. The predicted molar refractivity (Wildman–Crippen MR) is 152 cm³/mol. The Kier molecular flexibility index (Phi) is 9.77. The van der Waals surface area contributed by atoms with E-state index in [0.717, 1.165) is 5.56 Å². The number of carbonyl (C=O) groups excluding carboxylic acids is 2. The van der Waals surface area contributed by atoms with Crippen molar-refractivity contribution in [3.63, 3.8) is 0 Å². The molecular weight excluding hydrogens is 512 g/mol. The third-order valence-corrected chi connectivity index (χ3v) is 6.09. The molecule has 212 valence electrons. The number of nitrogens with one attached hydrogen (secondary N) is 1. The average Bonchev–Trinajstić information content (AvgIpc) is 2.91. The van der Waals surface area contributed by atoms with Crippen LogP contribution in [0.15, 0.2) is 66.7 Å². The predicted octanol–water partition coefficient (Wildman–Crippen LogP) is 5.38. The van der Waals surface area contributed by atoms with Crippen LogP contribution in [0.2, 0.25) is 0 Å². The Morgan fingerprint density at radius 1 is 0.925 bits per heavy atom. The largest absolute Gasteiger partial charge is 0.496 e. The number of aliphatic carboxylic acids is 1. The van der Waals surface area contributed by atoms with Gasteiger partial charge < -0.3 is 29.5 Å². The molecule has 0 unspecified atom stereocenters. The lowest BCUT2D eigenvalue weighted by atomic mass is 10.00. The van der Waals surface area contributed by atoms with Gasteiger partial charge in [0.1, 0.15) is 17.1 Å². The summed E-state index contributed by atoms with van der Waals surface area (Å²) in [6, 6.07) is 17.6. The van der Waals surface area contributed by atoms with Gasteiger partial charge in [0.25, 0.3) is 0 Å². The number of methoxy groups -OCH3 is 2. The minimum atomic E-state index is -1.51. The van der Waals surface area contributed by atoms with Crippen LogP contribution in [-0.4, -0.2) is 48.8 Å². The molecular formula is C31H36N2O7. The number of ketones is 1. The molecule has 3 rings (SSSR count). The van der Waals surface area contributed by atoms with Gasteiger partial charge in [0, 0.05) is 23.4 Å². The fourth-order valence-corrected chi connectivity index (χ4v) is 4.27. The van der Waals surface area contributed by atoms with E-state index in [1.165, 1.54) is 19.1 Å². The van der Waals surface area contributed by atoms with E-state index in [1.807, 2.05) is 19.1 Å². The standard InChI is InChI=1S/C31H36N2O7/c1-20-12-15-23(16-13-20)33(26(29(35)36)27(34)21-10-8-7-9-11-21)19-22-14-17-25(38-5)24(28(22)39-6)18-32-30(37)40-31(2,3)4/h7-17,26H,18-19H2,1-6H3,(H,32,37)(H,35,36)/t26-/m0/s1. The van der Waals surface area contributed by atoms with E-state index < -0.39 is 29.5 Å². The maximum Gasteiger partial charge on any atom is 0.407 e. The highest BCUT2D eigenvalue weighted by molar-refractivity contribution is 6.13. The van der Waals surface area contributed by atoms with Crippen LogP contribution in [0.25, 0.3) is 0 Å². The number of carboxylic acids is 1. The average molecular weight is 549 g/mol. The van der Waals surface area contributed by atoms with Crippen molar-refractivity contribution in [2.24, 2.45) is 0 Å². The fourth-order valence-electron chi connectivity index (χ4n) is 4.27. The van der Waals surface area contributed by atoms with Crippen molar-refractivity contribution in [2.75, 3.05) is 19.1 Å². The number of hydrogen-bond donors (Lipinski definition) is 2. The summed E-state index contributed by atoms with van der Waals surface area (Å²) in [7, 11) is 2.98. The van der Waals surface area contributed by atoms with E-state index in [1.54, 1.807) is 75.4 Å². The minimum absolute atomic E-state index is 0.0191. The number of benzene rings is 3. The Labute approximate surface area is 234 Å². The van der Waals surface area contributed by atoms with Crippen LogP contribution in [0.1, 0.15) is 47.8 Å². The second kappa shape index (κ2) is 13.0. The van der Waals surface area contributed by atoms with Crippen LogP contribution in [-0.2, 0) is 22.6 Å². The Balaban J connectivity index is 2.07. The summed E-state index contributed by atoms with van der Waals surface area (Å²) >= 11 is 0. The Hall–Kier alpha value is -4.53.